The second kappa shape index (κ2) is 5.14. The van der Waals surface area contributed by atoms with E-state index in [0.717, 1.165) is 25.1 Å². The van der Waals surface area contributed by atoms with Crippen LogP contribution < -0.4 is 10.1 Å². The van der Waals surface area contributed by atoms with Gasteiger partial charge >= 0.3 is 0 Å². The maximum atomic E-state index is 5.85. The molecule has 4 heteroatoms. The summed E-state index contributed by atoms with van der Waals surface area (Å²) in [4.78, 5) is 8.64. The average molecular weight is 221 g/mol. The molecule has 1 aliphatic rings. The van der Waals surface area contributed by atoms with Crippen molar-refractivity contribution in [1.29, 1.82) is 0 Å². The zero-order chi connectivity index (χ0) is 11.4. The van der Waals surface area contributed by atoms with Crippen molar-refractivity contribution in [2.75, 3.05) is 11.9 Å². The van der Waals surface area contributed by atoms with E-state index in [9.17, 15) is 0 Å². The van der Waals surface area contributed by atoms with Gasteiger partial charge in [0.25, 0.3) is 0 Å². The Bertz CT molecular complexity index is 348. The molecule has 88 valence electrons. The Morgan fingerprint density at radius 1 is 1.38 bits per heavy atom. The van der Waals surface area contributed by atoms with Crippen molar-refractivity contribution >= 4 is 5.95 Å². The van der Waals surface area contributed by atoms with Gasteiger partial charge in [0.05, 0.1) is 0 Å². The van der Waals surface area contributed by atoms with Crippen LogP contribution in [0.25, 0.3) is 0 Å². The van der Waals surface area contributed by atoms with E-state index in [-0.39, 0.29) is 0 Å². The fourth-order valence-electron chi connectivity index (χ4n) is 2.01. The molecule has 1 aromatic rings. The van der Waals surface area contributed by atoms with E-state index in [1.807, 2.05) is 19.9 Å². The maximum Gasteiger partial charge on any atom is 0.226 e. The summed E-state index contributed by atoms with van der Waals surface area (Å²) in [5.41, 5.74) is 0.943. The maximum absolute atomic E-state index is 5.85. The minimum atomic E-state index is 0.351. The molecule has 4 nitrogen and oxygen atoms in total. The first kappa shape index (κ1) is 11.2. The zero-order valence-corrected chi connectivity index (χ0v) is 9.99. The third kappa shape index (κ3) is 2.84. The first-order valence-electron chi connectivity index (χ1n) is 6.04. The van der Waals surface area contributed by atoms with Crippen molar-refractivity contribution in [3.05, 3.63) is 11.8 Å². The van der Waals surface area contributed by atoms with Gasteiger partial charge < -0.3 is 10.1 Å². The van der Waals surface area contributed by atoms with E-state index in [1.165, 1.54) is 12.8 Å². The predicted octanol–water partition coefficient (Wildman–Crippen LogP) is 2.54. The Morgan fingerprint density at radius 2 is 2.12 bits per heavy atom. The van der Waals surface area contributed by atoms with Gasteiger partial charge in [0, 0.05) is 18.3 Å². The van der Waals surface area contributed by atoms with Gasteiger partial charge in [-0.05, 0) is 39.5 Å². The Kier molecular flexibility index (Phi) is 3.59. The van der Waals surface area contributed by atoms with Crippen molar-refractivity contribution in [2.24, 2.45) is 0 Å². The van der Waals surface area contributed by atoms with Crippen LogP contribution >= 0.6 is 0 Å². The summed E-state index contributed by atoms with van der Waals surface area (Å²) >= 11 is 0. The second-order valence-electron chi connectivity index (χ2n) is 4.23. The zero-order valence-electron chi connectivity index (χ0n) is 9.99. The lowest BCUT2D eigenvalue weighted by Crippen LogP contribution is -2.13. The van der Waals surface area contributed by atoms with Crippen molar-refractivity contribution in [3.8, 4) is 5.88 Å². The molecule has 0 aliphatic heterocycles. The van der Waals surface area contributed by atoms with Crippen LogP contribution in [0.2, 0.25) is 0 Å². The summed E-state index contributed by atoms with van der Waals surface area (Å²) in [5, 5.41) is 3.11. The van der Waals surface area contributed by atoms with Gasteiger partial charge in [-0.25, -0.2) is 4.98 Å². The van der Waals surface area contributed by atoms with E-state index in [2.05, 4.69) is 15.3 Å². The number of aromatic nitrogens is 2. The molecule has 0 aromatic carbocycles. The highest BCUT2D eigenvalue weighted by Crippen LogP contribution is 2.23. The molecule has 0 amide bonds. The summed E-state index contributed by atoms with van der Waals surface area (Å²) in [6.07, 6.45) is 5.20. The molecule has 0 spiro atoms. The lowest BCUT2D eigenvalue weighted by atomic mass is 10.3. The Labute approximate surface area is 96.4 Å². The van der Waals surface area contributed by atoms with E-state index in [0.29, 0.717) is 17.9 Å². The van der Waals surface area contributed by atoms with Crippen molar-refractivity contribution < 1.29 is 4.74 Å². The number of nitrogens with one attached hydrogen (secondary N) is 1. The molecule has 1 aliphatic carbocycles. The number of hydrogen-bond donors (Lipinski definition) is 1. The van der Waals surface area contributed by atoms with E-state index >= 15 is 0 Å². The van der Waals surface area contributed by atoms with Crippen LogP contribution in [-0.4, -0.2) is 22.6 Å². The summed E-state index contributed by atoms with van der Waals surface area (Å²) < 4.78 is 5.85. The number of aryl methyl sites for hydroxylation is 1. The standard InChI is InChI=1S/C12H19N3O/c1-3-13-12-14-9(2)8-11(15-12)16-10-6-4-5-7-10/h8,10H,3-7H2,1-2H3,(H,13,14,15). The molecule has 1 fully saturated rings. The molecule has 1 aromatic heterocycles. The third-order valence-corrected chi connectivity index (χ3v) is 2.76. The second-order valence-corrected chi connectivity index (χ2v) is 4.23. The van der Waals surface area contributed by atoms with Gasteiger partial charge in [0.1, 0.15) is 6.10 Å². The molecule has 1 N–H and O–H groups in total. The highest BCUT2D eigenvalue weighted by Gasteiger charge is 2.17. The van der Waals surface area contributed by atoms with Crippen LogP contribution in [0.4, 0.5) is 5.95 Å². The quantitative estimate of drug-likeness (QED) is 0.848. The molecule has 0 bridgehead atoms. The van der Waals surface area contributed by atoms with Crippen LogP contribution in [-0.2, 0) is 0 Å². The van der Waals surface area contributed by atoms with Crippen LogP contribution in [0.15, 0.2) is 6.07 Å². The molecule has 16 heavy (non-hydrogen) atoms. The first-order chi connectivity index (χ1) is 7.78. The Morgan fingerprint density at radius 3 is 2.81 bits per heavy atom. The summed E-state index contributed by atoms with van der Waals surface area (Å²) in [6, 6.07) is 1.90. The SMILES string of the molecule is CCNc1nc(C)cc(OC2CCCC2)n1. The molecule has 1 saturated carbocycles. The van der Waals surface area contributed by atoms with Gasteiger partial charge in [-0.3, -0.25) is 0 Å². The Hall–Kier alpha value is -1.32. The molecular formula is C12H19N3O. The fourth-order valence-corrected chi connectivity index (χ4v) is 2.01. The van der Waals surface area contributed by atoms with E-state index < -0.39 is 0 Å². The van der Waals surface area contributed by atoms with Gasteiger partial charge in [-0.1, -0.05) is 0 Å². The van der Waals surface area contributed by atoms with E-state index in [1.54, 1.807) is 0 Å². The third-order valence-electron chi connectivity index (χ3n) is 2.76. The minimum Gasteiger partial charge on any atom is -0.474 e. The molecule has 0 atom stereocenters. The molecule has 0 radical (unpaired) electrons. The summed E-state index contributed by atoms with van der Waals surface area (Å²) in [7, 11) is 0. The van der Waals surface area contributed by atoms with Gasteiger partial charge in [-0.15, -0.1) is 0 Å². The van der Waals surface area contributed by atoms with Gasteiger partial charge in [0.15, 0.2) is 0 Å². The van der Waals surface area contributed by atoms with Crippen LogP contribution in [0.5, 0.6) is 5.88 Å². The number of hydrogen-bond acceptors (Lipinski definition) is 4. The monoisotopic (exact) mass is 221 g/mol. The number of rotatable bonds is 4. The predicted molar refractivity (Wildman–Crippen MR) is 63.8 cm³/mol. The Balaban J connectivity index is 2.06. The number of anilines is 1. The lowest BCUT2D eigenvalue weighted by molar-refractivity contribution is 0.201. The molecule has 0 unspecified atom stereocenters. The highest BCUT2D eigenvalue weighted by atomic mass is 16.5. The average Bonchev–Trinajstić information content (AvgIpc) is 2.70. The smallest absolute Gasteiger partial charge is 0.226 e. The first-order valence-corrected chi connectivity index (χ1v) is 6.04. The molecule has 1 heterocycles. The summed E-state index contributed by atoms with van der Waals surface area (Å²) in [6.45, 7) is 4.82. The van der Waals surface area contributed by atoms with Gasteiger partial charge in [0.2, 0.25) is 11.8 Å². The lowest BCUT2D eigenvalue weighted by Gasteiger charge is -2.13. The normalized spacial score (nSPS) is 16.4. The minimum absolute atomic E-state index is 0.351. The van der Waals surface area contributed by atoms with Gasteiger partial charge in [-0.2, -0.15) is 4.98 Å². The van der Waals surface area contributed by atoms with E-state index in [4.69, 9.17) is 4.74 Å². The largest absolute Gasteiger partial charge is 0.474 e. The van der Waals surface area contributed by atoms with Crippen molar-refractivity contribution in [1.82, 2.24) is 9.97 Å². The molecule has 2 rings (SSSR count). The highest BCUT2D eigenvalue weighted by molar-refractivity contribution is 5.30. The fraction of sp³-hybridized carbons (Fsp3) is 0.667. The van der Waals surface area contributed by atoms with Crippen LogP contribution in [0, 0.1) is 6.92 Å². The van der Waals surface area contributed by atoms with Crippen molar-refractivity contribution in [3.63, 3.8) is 0 Å². The topological polar surface area (TPSA) is 47.0 Å². The number of ether oxygens (including phenoxy) is 1. The number of nitrogens with zero attached hydrogens (tertiary/aromatic N) is 2. The summed E-state index contributed by atoms with van der Waals surface area (Å²) in [5.74, 6) is 1.37. The molecule has 0 saturated heterocycles. The van der Waals surface area contributed by atoms with Crippen molar-refractivity contribution in [2.45, 2.75) is 45.6 Å². The molecular weight excluding hydrogens is 202 g/mol. The van der Waals surface area contributed by atoms with Crippen LogP contribution in [0.1, 0.15) is 38.3 Å². The van der Waals surface area contributed by atoms with Crippen LogP contribution in [0.3, 0.4) is 0 Å².